The summed E-state index contributed by atoms with van der Waals surface area (Å²) in [7, 11) is 0. The van der Waals surface area contributed by atoms with E-state index in [1.807, 2.05) is 0 Å². The fraction of sp³-hybridized carbons (Fsp3) is 0.100. The molecule has 0 spiro atoms. The maximum absolute atomic E-state index is 11.4. The Kier molecular flexibility index (Phi) is 2.71. The molecule has 0 fully saturated rings. The molecular weight excluding hydrogens is 344 g/mol. The molecule has 0 bridgehead atoms. The van der Waals surface area contributed by atoms with Crippen molar-refractivity contribution in [2.45, 2.75) is 6.92 Å². The Morgan fingerprint density at radius 2 is 1.94 bits per heavy atom. The fourth-order valence-electron chi connectivity index (χ4n) is 1.45. The van der Waals surface area contributed by atoms with Crippen LogP contribution in [0.2, 0.25) is 0 Å². The van der Waals surface area contributed by atoms with Crippen molar-refractivity contribution in [1.29, 1.82) is 0 Å². The topological polar surface area (TPSA) is 70.7 Å². The molecule has 4 nitrogen and oxygen atoms in total. The van der Waals surface area contributed by atoms with Gasteiger partial charge in [0, 0.05) is 9.86 Å². The van der Waals surface area contributed by atoms with E-state index in [0.717, 1.165) is 0 Å². The second kappa shape index (κ2) is 3.78. The first-order valence-electron chi connectivity index (χ1n) is 4.26. The van der Waals surface area contributed by atoms with Crippen molar-refractivity contribution in [3.05, 3.63) is 31.0 Å². The molecule has 0 aliphatic heterocycles. The number of aryl methyl sites for hydroxylation is 1. The lowest BCUT2D eigenvalue weighted by Crippen LogP contribution is -2.02. The molecule has 0 aliphatic carbocycles. The van der Waals surface area contributed by atoms with Gasteiger partial charge < -0.3 is 14.6 Å². The highest BCUT2D eigenvalue weighted by atomic mass is 79.9. The Morgan fingerprint density at radius 1 is 1.31 bits per heavy atom. The summed E-state index contributed by atoms with van der Waals surface area (Å²) < 4.78 is 5.76. The molecule has 2 rings (SSSR count). The van der Waals surface area contributed by atoms with Crippen LogP contribution in [0.3, 0.4) is 0 Å². The smallest absolute Gasteiger partial charge is 0.351 e. The molecule has 0 unspecified atom stereocenters. The summed E-state index contributed by atoms with van der Waals surface area (Å²) in [6.45, 7) is 1.71. The molecule has 1 heterocycles. The Labute approximate surface area is 107 Å². The van der Waals surface area contributed by atoms with Gasteiger partial charge in [0.2, 0.25) is 5.75 Å². The van der Waals surface area contributed by atoms with Crippen LogP contribution in [0.4, 0.5) is 0 Å². The van der Waals surface area contributed by atoms with E-state index in [0.29, 0.717) is 19.9 Å². The molecule has 0 amide bonds. The van der Waals surface area contributed by atoms with Crippen LogP contribution in [0.5, 0.6) is 11.5 Å². The van der Waals surface area contributed by atoms with Gasteiger partial charge in [-0.1, -0.05) is 0 Å². The fourth-order valence-corrected chi connectivity index (χ4v) is 2.43. The molecular formula is C10H6Br2O4. The average Bonchev–Trinajstić information content (AvgIpc) is 2.22. The third-order valence-electron chi connectivity index (χ3n) is 2.27. The van der Waals surface area contributed by atoms with Gasteiger partial charge in [-0.05, 0) is 50.4 Å². The van der Waals surface area contributed by atoms with Gasteiger partial charge in [-0.25, -0.2) is 4.79 Å². The minimum atomic E-state index is -0.599. The van der Waals surface area contributed by atoms with Gasteiger partial charge in [0.15, 0.2) is 11.3 Å². The maximum Gasteiger partial charge on any atom is 0.351 e. The van der Waals surface area contributed by atoms with Gasteiger partial charge in [0.1, 0.15) is 4.47 Å². The molecule has 0 saturated carbocycles. The number of benzene rings is 1. The van der Waals surface area contributed by atoms with Crippen molar-refractivity contribution < 1.29 is 14.6 Å². The summed E-state index contributed by atoms with van der Waals surface area (Å²) in [5.74, 6) is -0.782. The first-order valence-corrected chi connectivity index (χ1v) is 5.85. The maximum atomic E-state index is 11.4. The van der Waals surface area contributed by atoms with Crippen LogP contribution in [0, 0.1) is 6.92 Å². The van der Waals surface area contributed by atoms with Gasteiger partial charge in [-0.2, -0.15) is 0 Å². The quantitative estimate of drug-likeness (QED) is 0.566. The van der Waals surface area contributed by atoms with E-state index in [9.17, 15) is 15.0 Å². The van der Waals surface area contributed by atoms with Crippen molar-refractivity contribution in [2.24, 2.45) is 0 Å². The third kappa shape index (κ3) is 1.53. The van der Waals surface area contributed by atoms with Crippen LogP contribution in [0.1, 0.15) is 5.56 Å². The van der Waals surface area contributed by atoms with Gasteiger partial charge in [0.05, 0.1) is 0 Å². The second-order valence-electron chi connectivity index (χ2n) is 3.26. The van der Waals surface area contributed by atoms with Crippen molar-refractivity contribution in [1.82, 2.24) is 0 Å². The van der Waals surface area contributed by atoms with E-state index in [4.69, 9.17) is 4.42 Å². The summed E-state index contributed by atoms with van der Waals surface area (Å²) in [5, 5.41) is 19.5. The summed E-state index contributed by atoms with van der Waals surface area (Å²) in [6.07, 6.45) is 0. The predicted octanol–water partition coefficient (Wildman–Crippen LogP) is 3.04. The first-order chi connectivity index (χ1) is 7.43. The van der Waals surface area contributed by atoms with Crippen molar-refractivity contribution >= 4 is 42.8 Å². The molecule has 2 N–H and O–H groups in total. The summed E-state index contributed by atoms with van der Waals surface area (Å²) in [6, 6.07) is 1.34. The highest BCUT2D eigenvalue weighted by Crippen LogP contribution is 2.40. The zero-order chi connectivity index (χ0) is 12.0. The number of halogens is 2. The minimum Gasteiger partial charge on any atom is -0.504 e. The van der Waals surface area contributed by atoms with Crippen molar-refractivity contribution in [2.75, 3.05) is 0 Å². The number of rotatable bonds is 0. The van der Waals surface area contributed by atoms with E-state index < -0.39 is 11.4 Å². The van der Waals surface area contributed by atoms with Crippen LogP contribution < -0.4 is 5.63 Å². The molecule has 2 aromatic rings. The molecule has 0 atom stereocenters. The highest BCUT2D eigenvalue weighted by Gasteiger charge is 2.17. The highest BCUT2D eigenvalue weighted by molar-refractivity contribution is 9.11. The summed E-state index contributed by atoms with van der Waals surface area (Å²) in [5.41, 5.74) is 0.00352. The number of hydrogen-bond donors (Lipinski definition) is 2. The standard InChI is InChI=1S/C10H6Br2O4/c1-3-6-4(11)2-5(13)8(14)9(6)16-10(15)7(3)12/h2,13-14H,1H3. The molecule has 0 aliphatic rings. The molecule has 6 heteroatoms. The first kappa shape index (κ1) is 11.5. The Bertz CT molecular complexity index is 646. The zero-order valence-electron chi connectivity index (χ0n) is 8.04. The molecule has 0 saturated heterocycles. The number of hydrogen-bond acceptors (Lipinski definition) is 4. The number of phenols is 2. The molecule has 1 aromatic heterocycles. The molecule has 84 valence electrons. The Hall–Kier alpha value is -1.01. The minimum absolute atomic E-state index is 0.0300. The van der Waals surface area contributed by atoms with Crippen molar-refractivity contribution in [3.63, 3.8) is 0 Å². The van der Waals surface area contributed by atoms with Crippen LogP contribution in [-0.2, 0) is 0 Å². The Balaban J connectivity index is 3.13. The normalized spacial score (nSPS) is 10.9. The van der Waals surface area contributed by atoms with Crippen LogP contribution in [0.15, 0.2) is 24.2 Å². The number of fused-ring (bicyclic) bond motifs is 1. The van der Waals surface area contributed by atoms with Gasteiger partial charge in [-0.3, -0.25) is 0 Å². The second-order valence-corrected chi connectivity index (χ2v) is 4.91. The number of phenolic OH excluding ortho intramolecular Hbond substituents is 2. The van der Waals surface area contributed by atoms with Gasteiger partial charge in [-0.15, -0.1) is 0 Å². The lowest BCUT2D eigenvalue weighted by atomic mass is 10.1. The molecule has 1 aromatic carbocycles. The summed E-state index contributed by atoms with van der Waals surface area (Å²) >= 11 is 6.34. The SMILES string of the molecule is Cc1c(Br)c(=O)oc2c(O)c(O)cc(Br)c12. The summed E-state index contributed by atoms with van der Waals surface area (Å²) in [4.78, 5) is 11.4. The van der Waals surface area contributed by atoms with Crippen molar-refractivity contribution in [3.8, 4) is 11.5 Å². The third-order valence-corrected chi connectivity index (χ3v) is 3.81. The lowest BCUT2D eigenvalue weighted by molar-refractivity contribution is 0.397. The lowest BCUT2D eigenvalue weighted by Gasteiger charge is -2.07. The van der Waals surface area contributed by atoms with Gasteiger partial charge >= 0.3 is 5.63 Å². The van der Waals surface area contributed by atoms with E-state index in [2.05, 4.69) is 31.9 Å². The van der Waals surface area contributed by atoms with E-state index >= 15 is 0 Å². The monoisotopic (exact) mass is 348 g/mol. The van der Waals surface area contributed by atoms with Crippen LogP contribution in [0.25, 0.3) is 11.0 Å². The zero-order valence-corrected chi connectivity index (χ0v) is 11.2. The van der Waals surface area contributed by atoms with E-state index in [1.165, 1.54) is 6.07 Å². The van der Waals surface area contributed by atoms with Gasteiger partial charge in [0.25, 0.3) is 0 Å². The molecule has 16 heavy (non-hydrogen) atoms. The largest absolute Gasteiger partial charge is 0.504 e. The van der Waals surface area contributed by atoms with Crippen LogP contribution >= 0.6 is 31.9 Å². The predicted molar refractivity (Wildman–Crippen MR) is 66.0 cm³/mol. The van der Waals surface area contributed by atoms with Crippen LogP contribution in [-0.4, -0.2) is 10.2 Å². The van der Waals surface area contributed by atoms with E-state index in [-0.39, 0.29) is 11.3 Å². The Morgan fingerprint density at radius 3 is 2.56 bits per heavy atom. The van der Waals surface area contributed by atoms with E-state index in [1.54, 1.807) is 6.92 Å². The molecule has 0 radical (unpaired) electrons. The average molecular weight is 350 g/mol. The number of aromatic hydroxyl groups is 2.